The molecule has 0 radical (unpaired) electrons. The normalized spacial score (nSPS) is 15.3. The zero-order chi connectivity index (χ0) is 21.2. The Balaban J connectivity index is 1.61. The van der Waals surface area contributed by atoms with E-state index in [1.165, 1.54) is 17.0 Å². The van der Waals surface area contributed by atoms with Crippen molar-refractivity contribution in [3.8, 4) is 5.75 Å². The van der Waals surface area contributed by atoms with E-state index in [0.29, 0.717) is 31.3 Å². The fourth-order valence-corrected chi connectivity index (χ4v) is 3.10. The van der Waals surface area contributed by atoms with E-state index >= 15 is 0 Å². The lowest BCUT2D eigenvalue weighted by molar-refractivity contribution is -0.140. The van der Waals surface area contributed by atoms with Crippen molar-refractivity contribution >= 4 is 12.2 Å². The average Bonchev–Trinajstić information content (AvgIpc) is 2.68. The number of ether oxygens (including phenoxy) is 1. The molecule has 154 valence electrons. The van der Waals surface area contributed by atoms with Gasteiger partial charge in [-0.1, -0.05) is 0 Å². The predicted octanol–water partition coefficient (Wildman–Crippen LogP) is 4.48. The largest absolute Gasteiger partial charge is 0.487 e. The van der Waals surface area contributed by atoms with Gasteiger partial charge in [-0.15, -0.1) is 0 Å². The standard InChI is InChI=1S/C20H16F5NO3/c21-16-10-13(2-3-15(16)20(23,24)25)19(28)26-7-5-14(6-8-26)29-18-4-1-12(11-27)9-17(18)22/h1-4,9-11,14H,5-8H2. The van der Waals surface area contributed by atoms with E-state index in [-0.39, 0.29) is 36.1 Å². The second-order valence-electron chi connectivity index (χ2n) is 6.61. The number of alkyl halides is 3. The third-order valence-corrected chi connectivity index (χ3v) is 4.64. The zero-order valence-corrected chi connectivity index (χ0v) is 15.0. The van der Waals surface area contributed by atoms with Crippen LogP contribution in [0, 0.1) is 11.6 Å². The Hall–Kier alpha value is -2.97. The predicted molar refractivity (Wildman–Crippen MR) is 92.7 cm³/mol. The second-order valence-corrected chi connectivity index (χ2v) is 6.61. The van der Waals surface area contributed by atoms with Crippen LogP contribution in [0.5, 0.6) is 5.75 Å². The first-order valence-corrected chi connectivity index (χ1v) is 8.76. The smallest absolute Gasteiger partial charge is 0.419 e. The van der Waals surface area contributed by atoms with Crippen LogP contribution in [-0.2, 0) is 6.18 Å². The van der Waals surface area contributed by atoms with E-state index < -0.39 is 29.3 Å². The Morgan fingerprint density at radius 3 is 2.28 bits per heavy atom. The van der Waals surface area contributed by atoms with Crippen molar-refractivity contribution < 1.29 is 36.3 Å². The third-order valence-electron chi connectivity index (χ3n) is 4.64. The van der Waals surface area contributed by atoms with Crippen molar-refractivity contribution in [3.63, 3.8) is 0 Å². The monoisotopic (exact) mass is 413 g/mol. The quantitative estimate of drug-likeness (QED) is 0.549. The van der Waals surface area contributed by atoms with E-state index in [9.17, 15) is 31.5 Å². The number of likely N-dealkylation sites (tertiary alicyclic amines) is 1. The highest BCUT2D eigenvalue weighted by Gasteiger charge is 2.34. The van der Waals surface area contributed by atoms with Crippen LogP contribution in [-0.4, -0.2) is 36.3 Å². The molecule has 0 aliphatic carbocycles. The maximum absolute atomic E-state index is 13.9. The van der Waals surface area contributed by atoms with Crippen molar-refractivity contribution in [2.45, 2.75) is 25.1 Å². The van der Waals surface area contributed by atoms with Crippen molar-refractivity contribution in [1.29, 1.82) is 0 Å². The molecule has 0 aromatic heterocycles. The van der Waals surface area contributed by atoms with E-state index in [1.54, 1.807) is 0 Å². The van der Waals surface area contributed by atoms with Crippen LogP contribution in [0.4, 0.5) is 22.0 Å². The lowest BCUT2D eigenvalue weighted by atomic mass is 10.0. The fraction of sp³-hybridized carbons (Fsp3) is 0.300. The van der Waals surface area contributed by atoms with Crippen LogP contribution in [0.1, 0.15) is 39.1 Å². The molecule has 2 aromatic carbocycles. The van der Waals surface area contributed by atoms with E-state index in [2.05, 4.69) is 0 Å². The summed E-state index contributed by atoms with van der Waals surface area (Å²) < 4.78 is 71.1. The number of hydrogen-bond donors (Lipinski definition) is 0. The van der Waals surface area contributed by atoms with Crippen LogP contribution < -0.4 is 4.74 Å². The van der Waals surface area contributed by atoms with Gasteiger partial charge in [0, 0.05) is 37.1 Å². The molecular formula is C20H16F5NO3. The lowest BCUT2D eigenvalue weighted by Crippen LogP contribution is -2.41. The maximum Gasteiger partial charge on any atom is 0.419 e. The highest BCUT2D eigenvalue weighted by atomic mass is 19.4. The number of rotatable bonds is 4. The molecule has 0 saturated carbocycles. The Bertz CT molecular complexity index is 921. The molecule has 0 unspecified atom stereocenters. The molecule has 1 aliphatic rings. The first-order valence-electron chi connectivity index (χ1n) is 8.76. The molecule has 29 heavy (non-hydrogen) atoms. The van der Waals surface area contributed by atoms with Gasteiger partial charge in [-0.05, 0) is 36.4 Å². The number of amides is 1. The minimum Gasteiger partial charge on any atom is -0.487 e. The molecule has 1 saturated heterocycles. The van der Waals surface area contributed by atoms with Gasteiger partial charge in [-0.3, -0.25) is 9.59 Å². The van der Waals surface area contributed by atoms with Crippen LogP contribution in [0.2, 0.25) is 0 Å². The van der Waals surface area contributed by atoms with Gasteiger partial charge in [0.25, 0.3) is 5.91 Å². The Labute approximate surface area is 162 Å². The number of halogens is 5. The summed E-state index contributed by atoms with van der Waals surface area (Å²) in [7, 11) is 0. The topological polar surface area (TPSA) is 46.6 Å². The summed E-state index contributed by atoms with van der Waals surface area (Å²) in [5.41, 5.74) is -1.42. The maximum atomic E-state index is 13.9. The molecule has 1 fully saturated rings. The van der Waals surface area contributed by atoms with Crippen LogP contribution in [0.25, 0.3) is 0 Å². The van der Waals surface area contributed by atoms with Crippen LogP contribution in [0.3, 0.4) is 0 Å². The molecule has 4 nitrogen and oxygen atoms in total. The van der Waals surface area contributed by atoms with E-state index in [4.69, 9.17) is 4.74 Å². The van der Waals surface area contributed by atoms with Gasteiger partial charge in [-0.2, -0.15) is 13.2 Å². The molecule has 1 aliphatic heterocycles. The number of carbonyl (C=O) groups is 2. The summed E-state index contributed by atoms with van der Waals surface area (Å²) in [5, 5.41) is 0. The van der Waals surface area contributed by atoms with Gasteiger partial charge in [0.2, 0.25) is 0 Å². The molecule has 9 heteroatoms. The van der Waals surface area contributed by atoms with Gasteiger partial charge in [0.1, 0.15) is 18.2 Å². The molecule has 0 N–H and O–H groups in total. The highest BCUT2D eigenvalue weighted by Crippen LogP contribution is 2.32. The minimum atomic E-state index is -4.83. The molecule has 2 aromatic rings. The summed E-state index contributed by atoms with van der Waals surface area (Å²) in [6.45, 7) is 0.445. The lowest BCUT2D eigenvalue weighted by Gasteiger charge is -2.32. The molecule has 0 atom stereocenters. The number of benzene rings is 2. The van der Waals surface area contributed by atoms with Gasteiger partial charge >= 0.3 is 6.18 Å². The molecule has 3 rings (SSSR count). The number of aldehydes is 1. The van der Waals surface area contributed by atoms with Crippen molar-refractivity contribution in [2.75, 3.05) is 13.1 Å². The third kappa shape index (κ3) is 4.72. The molecule has 0 spiro atoms. The average molecular weight is 413 g/mol. The highest BCUT2D eigenvalue weighted by molar-refractivity contribution is 5.94. The van der Waals surface area contributed by atoms with Crippen molar-refractivity contribution in [1.82, 2.24) is 4.90 Å². The SMILES string of the molecule is O=Cc1ccc(OC2CCN(C(=O)c3ccc(C(F)(F)F)c(F)c3)CC2)c(F)c1. The van der Waals surface area contributed by atoms with Gasteiger partial charge in [-0.25, -0.2) is 8.78 Å². The molecular weight excluding hydrogens is 397 g/mol. The summed E-state index contributed by atoms with van der Waals surface area (Å²) in [5.74, 6) is -2.77. The molecule has 0 bridgehead atoms. The summed E-state index contributed by atoms with van der Waals surface area (Å²) in [6.07, 6.45) is -3.96. The summed E-state index contributed by atoms with van der Waals surface area (Å²) >= 11 is 0. The van der Waals surface area contributed by atoms with Crippen LogP contribution in [0.15, 0.2) is 36.4 Å². The fourth-order valence-electron chi connectivity index (χ4n) is 3.10. The Kier molecular flexibility index (Phi) is 5.86. The minimum absolute atomic E-state index is 0.00909. The van der Waals surface area contributed by atoms with E-state index in [0.717, 1.165) is 12.1 Å². The second kappa shape index (κ2) is 8.18. The van der Waals surface area contributed by atoms with Gasteiger partial charge in [0.15, 0.2) is 11.6 Å². The number of piperidine rings is 1. The Morgan fingerprint density at radius 1 is 1.03 bits per heavy atom. The first kappa shape index (κ1) is 20.8. The molecule has 1 heterocycles. The number of carbonyl (C=O) groups excluding carboxylic acids is 2. The van der Waals surface area contributed by atoms with Crippen LogP contribution >= 0.6 is 0 Å². The molecule has 1 amide bonds. The van der Waals surface area contributed by atoms with Gasteiger partial charge in [0.05, 0.1) is 5.56 Å². The summed E-state index contributed by atoms with van der Waals surface area (Å²) in [6, 6.07) is 5.90. The number of nitrogens with zero attached hydrogens (tertiary/aromatic N) is 1. The van der Waals surface area contributed by atoms with E-state index in [1.807, 2.05) is 0 Å². The van der Waals surface area contributed by atoms with Crippen molar-refractivity contribution in [3.05, 3.63) is 64.7 Å². The Morgan fingerprint density at radius 2 is 1.72 bits per heavy atom. The van der Waals surface area contributed by atoms with Gasteiger partial charge < -0.3 is 9.64 Å². The summed E-state index contributed by atoms with van der Waals surface area (Å²) in [4.78, 5) is 24.5. The number of hydrogen-bond acceptors (Lipinski definition) is 3. The zero-order valence-electron chi connectivity index (χ0n) is 15.0. The first-order chi connectivity index (χ1) is 13.7. The van der Waals surface area contributed by atoms with Crippen molar-refractivity contribution in [2.24, 2.45) is 0 Å².